The van der Waals surface area contributed by atoms with Gasteiger partial charge in [-0.1, -0.05) is 13.8 Å². The summed E-state index contributed by atoms with van der Waals surface area (Å²) >= 11 is 0. The molecule has 0 atom stereocenters. The highest BCUT2D eigenvalue weighted by molar-refractivity contribution is 5.72. The molecule has 0 radical (unpaired) electrons. The standard InChI is InChI=1S/C22H28N4O4/c1-14(2)11-12-26-18-19(24(3)22(28)25(4)20(18)27)23-21(26)30-17-9-7-16(8-10-17)29-13-15-5-6-15/h7-10,14-15H,5-6,11-13H2,1-4H3. The van der Waals surface area contributed by atoms with Crippen molar-refractivity contribution in [2.24, 2.45) is 25.9 Å². The van der Waals surface area contributed by atoms with Gasteiger partial charge in [0.1, 0.15) is 11.5 Å². The van der Waals surface area contributed by atoms with Crippen LogP contribution in [-0.4, -0.2) is 25.3 Å². The van der Waals surface area contributed by atoms with Gasteiger partial charge in [0.05, 0.1) is 6.61 Å². The van der Waals surface area contributed by atoms with Crippen molar-refractivity contribution in [2.75, 3.05) is 6.61 Å². The van der Waals surface area contributed by atoms with Crippen LogP contribution < -0.4 is 20.7 Å². The fraction of sp³-hybridized carbons (Fsp3) is 0.500. The van der Waals surface area contributed by atoms with Crippen molar-refractivity contribution in [3.63, 3.8) is 0 Å². The summed E-state index contributed by atoms with van der Waals surface area (Å²) in [6.07, 6.45) is 3.34. The minimum Gasteiger partial charge on any atom is -0.493 e. The predicted molar refractivity (Wildman–Crippen MR) is 114 cm³/mol. The van der Waals surface area contributed by atoms with Crippen molar-refractivity contribution in [1.29, 1.82) is 0 Å². The Labute approximate surface area is 174 Å². The molecule has 0 amide bonds. The third kappa shape index (κ3) is 3.99. The summed E-state index contributed by atoms with van der Waals surface area (Å²) in [4.78, 5) is 29.6. The van der Waals surface area contributed by atoms with Crippen molar-refractivity contribution in [3.8, 4) is 17.5 Å². The second kappa shape index (κ2) is 8.01. The highest BCUT2D eigenvalue weighted by Crippen LogP contribution is 2.30. The topological polar surface area (TPSA) is 80.3 Å². The predicted octanol–water partition coefficient (Wildman–Crippen LogP) is 3.06. The number of ether oxygens (including phenoxy) is 2. The average Bonchev–Trinajstić information content (AvgIpc) is 3.49. The van der Waals surface area contributed by atoms with Crippen molar-refractivity contribution < 1.29 is 9.47 Å². The van der Waals surface area contributed by atoms with E-state index < -0.39 is 5.69 Å². The first kappa shape index (κ1) is 20.3. The van der Waals surface area contributed by atoms with Crippen LogP contribution in [0.4, 0.5) is 0 Å². The number of hydrogen-bond donors (Lipinski definition) is 0. The van der Waals surface area contributed by atoms with Crippen LogP contribution in [0.5, 0.6) is 17.5 Å². The van der Waals surface area contributed by atoms with Gasteiger partial charge in [-0.3, -0.25) is 18.5 Å². The number of imidazole rings is 1. The van der Waals surface area contributed by atoms with Crippen LogP contribution in [-0.2, 0) is 20.6 Å². The molecule has 0 unspecified atom stereocenters. The van der Waals surface area contributed by atoms with Crippen molar-refractivity contribution >= 4 is 11.2 Å². The molecule has 0 spiro atoms. The molecule has 2 heterocycles. The quantitative estimate of drug-likeness (QED) is 0.568. The maximum atomic E-state index is 12.8. The molecule has 1 aromatic carbocycles. The van der Waals surface area contributed by atoms with Gasteiger partial charge < -0.3 is 9.47 Å². The second-order valence-electron chi connectivity index (χ2n) is 8.43. The highest BCUT2D eigenvalue weighted by Gasteiger charge is 2.22. The molecule has 1 saturated carbocycles. The van der Waals surface area contributed by atoms with Crippen LogP contribution in [0.2, 0.25) is 0 Å². The van der Waals surface area contributed by atoms with E-state index in [-0.39, 0.29) is 5.56 Å². The van der Waals surface area contributed by atoms with E-state index in [0.29, 0.717) is 41.3 Å². The second-order valence-corrected chi connectivity index (χ2v) is 8.43. The number of aryl methyl sites for hydroxylation is 2. The summed E-state index contributed by atoms with van der Waals surface area (Å²) < 4.78 is 16.1. The molecule has 8 nitrogen and oxygen atoms in total. The van der Waals surface area contributed by atoms with Gasteiger partial charge in [-0.15, -0.1) is 0 Å². The fourth-order valence-electron chi connectivity index (χ4n) is 3.31. The molecule has 4 rings (SSSR count). The molecule has 1 aliphatic rings. The number of benzene rings is 1. The van der Waals surface area contributed by atoms with Gasteiger partial charge in [-0.25, -0.2) is 4.79 Å². The fourth-order valence-corrected chi connectivity index (χ4v) is 3.31. The van der Waals surface area contributed by atoms with E-state index in [4.69, 9.17) is 9.47 Å². The molecular formula is C22H28N4O4. The lowest BCUT2D eigenvalue weighted by Crippen LogP contribution is -2.37. The van der Waals surface area contributed by atoms with Gasteiger partial charge in [0, 0.05) is 20.6 Å². The lowest BCUT2D eigenvalue weighted by Gasteiger charge is -2.12. The van der Waals surface area contributed by atoms with Crippen LogP contribution in [0, 0.1) is 11.8 Å². The first-order valence-electron chi connectivity index (χ1n) is 10.4. The molecule has 0 N–H and O–H groups in total. The highest BCUT2D eigenvalue weighted by atomic mass is 16.5. The Hall–Kier alpha value is -3.03. The summed E-state index contributed by atoms with van der Waals surface area (Å²) in [5, 5.41) is 0. The van der Waals surface area contributed by atoms with E-state index in [1.165, 1.54) is 24.5 Å². The number of fused-ring (bicyclic) bond motifs is 1. The summed E-state index contributed by atoms with van der Waals surface area (Å²) in [5.41, 5.74) is -0.0846. The minimum atomic E-state index is -0.412. The van der Waals surface area contributed by atoms with Gasteiger partial charge in [0.15, 0.2) is 11.2 Å². The zero-order valence-corrected chi connectivity index (χ0v) is 17.9. The Bertz CT molecular complexity index is 1170. The number of hydrogen-bond acceptors (Lipinski definition) is 5. The molecule has 0 aliphatic heterocycles. The third-order valence-corrected chi connectivity index (χ3v) is 5.46. The SMILES string of the molecule is CC(C)CCn1c(Oc2ccc(OCC3CC3)cc2)nc2c1c(=O)n(C)c(=O)n2C. The van der Waals surface area contributed by atoms with Crippen molar-refractivity contribution in [2.45, 2.75) is 39.7 Å². The Balaban J connectivity index is 1.69. The normalized spacial score (nSPS) is 13.9. The van der Waals surface area contributed by atoms with Crippen LogP contribution in [0.1, 0.15) is 33.1 Å². The maximum absolute atomic E-state index is 12.8. The summed E-state index contributed by atoms with van der Waals surface area (Å²) in [6.45, 7) is 5.56. The lowest BCUT2D eigenvalue weighted by atomic mass is 10.1. The van der Waals surface area contributed by atoms with E-state index in [1.807, 2.05) is 24.3 Å². The molecule has 3 aromatic rings. The van der Waals surface area contributed by atoms with Crippen molar-refractivity contribution in [1.82, 2.24) is 18.7 Å². The van der Waals surface area contributed by atoms with Crippen LogP contribution in [0.3, 0.4) is 0 Å². The monoisotopic (exact) mass is 412 g/mol. The van der Waals surface area contributed by atoms with E-state index in [0.717, 1.165) is 23.3 Å². The van der Waals surface area contributed by atoms with Crippen LogP contribution >= 0.6 is 0 Å². The summed E-state index contributed by atoms with van der Waals surface area (Å²) in [6, 6.07) is 7.69. The molecule has 30 heavy (non-hydrogen) atoms. The largest absolute Gasteiger partial charge is 0.493 e. The van der Waals surface area contributed by atoms with Gasteiger partial charge in [0.25, 0.3) is 5.56 Å². The van der Waals surface area contributed by atoms with E-state index >= 15 is 0 Å². The minimum absolute atomic E-state index is 0.301. The zero-order chi connectivity index (χ0) is 21.4. The molecule has 0 bridgehead atoms. The average molecular weight is 412 g/mol. The molecule has 1 aliphatic carbocycles. The van der Waals surface area contributed by atoms with Crippen LogP contribution in [0.25, 0.3) is 11.2 Å². The Morgan fingerprint density at radius 2 is 1.73 bits per heavy atom. The maximum Gasteiger partial charge on any atom is 0.332 e. The van der Waals surface area contributed by atoms with Gasteiger partial charge >= 0.3 is 11.7 Å². The molecular weight excluding hydrogens is 384 g/mol. The number of aromatic nitrogens is 4. The third-order valence-electron chi connectivity index (χ3n) is 5.46. The van der Waals surface area contributed by atoms with Gasteiger partial charge in [-0.2, -0.15) is 4.98 Å². The van der Waals surface area contributed by atoms with E-state index in [2.05, 4.69) is 18.8 Å². The molecule has 160 valence electrons. The Kier molecular flexibility index (Phi) is 5.40. The summed E-state index contributed by atoms with van der Waals surface area (Å²) in [5.74, 6) is 2.53. The Morgan fingerprint density at radius 1 is 1.07 bits per heavy atom. The molecule has 2 aromatic heterocycles. The van der Waals surface area contributed by atoms with Crippen LogP contribution in [0.15, 0.2) is 33.9 Å². The number of rotatable bonds is 8. The summed E-state index contributed by atoms with van der Waals surface area (Å²) in [7, 11) is 3.09. The lowest BCUT2D eigenvalue weighted by molar-refractivity contribution is 0.299. The van der Waals surface area contributed by atoms with Gasteiger partial charge in [0.2, 0.25) is 0 Å². The first-order valence-corrected chi connectivity index (χ1v) is 10.4. The van der Waals surface area contributed by atoms with E-state index in [9.17, 15) is 9.59 Å². The molecule has 8 heteroatoms. The van der Waals surface area contributed by atoms with Gasteiger partial charge in [-0.05, 0) is 55.4 Å². The number of nitrogens with zero attached hydrogens (tertiary/aromatic N) is 4. The Morgan fingerprint density at radius 3 is 2.37 bits per heavy atom. The zero-order valence-electron chi connectivity index (χ0n) is 17.9. The first-order chi connectivity index (χ1) is 14.3. The molecule has 1 fully saturated rings. The van der Waals surface area contributed by atoms with Crippen molar-refractivity contribution in [3.05, 3.63) is 45.1 Å². The molecule has 0 saturated heterocycles. The smallest absolute Gasteiger partial charge is 0.332 e. The van der Waals surface area contributed by atoms with E-state index in [1.54, 1.807) is 11.6 Å².